The molecule has 7 heteroatoms. The minimum Gasteiger partial charge on any atom is -0.342 e. The Morgan fingerprint density at radius 3 is 2.45 bits per heavy atom. The summed E-state index contributed by atoms with van der Waals surface area (Å²) in [4.78, 5) is 33.4. The molecule has 4 rings (SSSR count). The fourth-order valence-electron chi connectivity index (χ4n) is 3.89. The largest absolute Gasteiger partial charge is 0.342 e. The Bertz CT molecular complexity index is 1100. The monoisotopic (exact) mass is 421 g/mol. The topological polar surface area (TPSA) is 53.5 Å². The number of halogens is 2. The lowest BCUT2D eigenvalue weighted by Crippen LogP contribution is -2.58. The van der Waals surface area contributed by atoms with E-state index in [1.165, 1.54) is 23.2 Å². The van der Waals surface area contributed by atoms with E-state index >= 15 is 0 Å². The summed E-state index contributed by atoms with van der Waals surface area (Å²) >= 11 is 0. The summed E-state index contributed by atoms with van der Waals surface area (Å²) in [6.45, 7) is 0.795. The van der Waals surface area contributed by atoms with Crippen LogP contribution in [-0.2, 0) is 11.2 Å². The van der Waals surface area contributed by atoms with Gasteiger partial charge in [0.05, 0.1) is 0 Å². The zero-order valence-corrected chi connectivity index (χ0v) is 17.0. The maximum Gasteiger partial charge on any atom is 0.273 e. The lowest BCUT2D eigenvalue weighted by molar-refractivity contribution is -0.138. The lowest BCUT2D eigenvalue weighted by Gasteiger charge is -2.39. The number of pyridine rings is 1. The van der Waals surface area contributed by atoms with E-state index in [1.807, 2.05) is 6.07 Å². The average molecular weight is 421 g/mol. The summed E-state index contributed by atoms with van der Waals surface area (Å²) in [6, 6.07) is 14.8. The molecule has 1 aliphatic rings. The van der Waals surface area contributed by atoms with Crippen LogP contribution in [0.15, 0.2) is 66.9 Å². The molecular weight excluding hydrogens is 400 g/mol. The number of carbonyl (C=O) groups excluding carboxylic acids is 2. The van der Waals surface area contributed by atoms with Crippen molar-refractivity contribution in [2.75, 3.05) is 20.1 Å². The number of hydrogen-bond donors (Lipinski definition) is 0. The summed E-state index contributed by atoms with van der Waals surface area (Å²) in [5, 5.41) is 0. The highest BCUT2D eigenvalue weighted by Crippen LogP contribution is 2.28. The Hall–Kier alpha value is -3.61. The molecule has 2 amide bonds. The third kappa shape index (κ3) is 4.30. The van der Waals surface area contributed by atoms with Crippen LogP contribution in [0.5, 0.6) is 0 Å². The van der Waals surface area contributed by atoms with Crippen LogP contribution in [-0.4, -0.2) is 52.8 Å². The first-order chi connectivity index (χ1) is 14.9. The van der Waals surface area contributed by atoms with Gasteiger partial charge < -0.3 is 9.80 Å². The fraction of sp³-hybridized carbons (Fsp3) is 0.208. The van der Waals surface area contributed by atoms with Crippen LogP contribution >= 0.6 is 0 Å². The predicted octanol–water partition coefficient (Wildman–Crippen LogP) is 3.55. The highest BCUT2D eigenvalue weighted by molar-refractivity contribution is 5.97. The zero-order valence-electron chi connectivity index (χ0n) is 17.0. The molecule has 2 heterocycles. The van der Waals surface area contributed by atoms with Crippen LogP contribution in [0.3, 0.4) is 0 Å². The molecule has 0 saturated carbocycles. The molecule has 1 saturated heterocycles. The molecule has 0 radical (unpaired) electrons. The first-order valence-electron chi connectivity index (χ1n) is 9.95. The van der Waals surface area contributed by atoms with Gasteiger partial charge >= 0.3 is 0 Å². The minimum atomic E-state index is -0.743. The average Bonchev–Trinajstić information content (AvgIpc) is 2.77. The van der Waals surface area contributed by atoms with Crippen LogP contribution < -0.4 is 0 Å². The molecular formula is C24H21F2N3O2. The third-order valence-corrected chi connectivity index (χ3v) is 5.46. The van der Waals surface area contributed by atoms with Crippen LogP contribution in [0.1, 0.15) is 16.1 Å². The molecule has 2 aromatic carbocycles. The Kier molecular flexibility index (Phi) is 5.75. The van der Waals surface area contributed by atoms with E-state index < -0.39 is 17.7 Å². The van der Waals surface area contributed by atoms with Gasteiger partial charge in [0, 0.05) is 38.8 Å². The Balaban J connectivity index is 1.70. The molecule has 3 aromatic rings. The van der Waals surface area contributed by atoms with Gasteiger partial charge in [0.25, 0.3) is 5.91 Å². The van der Waals surface area contributed by atoms with Crippen LogP contribution in [0, 0.1) is 11.6 Å². The number of piperazine rings is 1. The first kappa shape index (κ1) is 20.7. The van der Waals surface area contributed by atoms with Crippen molar-refractivity contribution in [3.63, 3.8) is 0 Å². The molecule has 1 atom stereocenters. The molecule has 1 unspecified atom stereocenters. The highest BCUT2D eigenvalue weighted by atomic mass is 19.1. The maximum absolute atomic E-state index is 13.8. The Morgan fingerprint density at radius 2 is 1.74 bits per heavy atom. The van der Waals surface area contributed by atoms with Crippen LogP contribution in [0.2, 0.25) is 0 Å². The van der Waals surface area contributed by atoms with E-state index in [-0.39, 0.29) is 23.9 Å². The van der Waals surface area contributed by atoms with E-state index in [4.69, 9.17) is 0 Å². The first-order valence-corrected chi connectivity index (χ1v) is 9.95. The molecule has 5 nitrogen and oxygen atoms in total. The number of likely N-dealkylation sites (N-methyl/N-ethyl adjacent to an activating group) is 1. The zero-order chi connectivity index (χ0) is 22.0. The molecule has 0 bridgehead atoms. The van der Waals surface area contributed by atoms with Gasteiger partial charge in [0.15, 0.2) is 0 Å². The second kappa shape index (κ2) is 8.63. The number of nitrogens with zero attached hydrogens (tertiary/aromatic N) is 3. The molecule has 1 aliphatic heterocycles. The summed E-state index contributed by atoms with van der Waals surface area (Å²) in [5.41, 5.74) is 1.99. The molecule has 31 heavy (non-hydrogen) atoms. The van der Waals surface area contributed by atoms with Crippen molar-refractivity contribution < 1.29 is 18.4 Å². The SMILES string of the molecule is CN1CCN(C(=O)c2ccccn2)C(Cc2ccccc2-c2cc(F)cc(F)c2)C1=O. The van der Waals surface area contributed by atoms with Crippen molar-refractivity contribution in [1.82, 2.24) is 14.8 Å². The summed E-state index contributed by atoms with van der Waals surface area (Å²) in [6.07, 6.45) is 1.75. The van der Waals surface area contributed by atoms with Gasteiger partial charge in [-0.2, -0.15) is 0 Å². The quantitative estimate of drug-likeness (QED) is 0.648. The van der Waals surface area contributed by atoms with Gasteiger partial charge in [-0.1, -0.05) is 30.3 Å². The van der Waals surface area contributed by atoms with Crippen LogP contribution in [0.25, 0.3) is 11.1 Å². The number of rotatable bonds is 4. The van der Waals surface area contributed by atoms with E-state index in [2.05, 4.69) is 4.98 Å². The van der Waals surface area contributed by atoms with Crippen molar-refractivity contribution in [3.05, 3.63) is 89.8 Å². The van der Waals surface area contributed by atoms with Crippen molar-refractivity contribution >= 4 is 11.8 Å². The number of hydrogen-bond acceptors (Lipinski definition) is 3. The predicted molar refractivity (Wildman–Crippen MR) is 112 cm³/mol. The van der Waals surface area contributed by atoms with E-state index in [9.17, 15) is 18.4 Å². The second-order valence-corrected chi connectivity index (χ2v) is 7.51. The standard InChI is InChI=1S/C24H21F2N3O2/c1-28-10-11-29(23(30)21-8-4-5-9-27-21)22(24(28)31)14-16-6-2-3-7-20(16)17-12-18(25)15-19(26)13-17/h2-9,12-13,15,22H,10-11,14H2,1H3. The van der Waals surface area contributed by atoms with E-state index in [0.29, 0.717) is 24.2 Å². The van der Waals surface area contributed by atoms with Gasteiger partial charge in [-0.25, -0.2) is 8.78 Å². The highest BCUT2D eigenvalue weighted by Gasteiger charge is 2.37. The van der Waals surface area contributed by atoms with Gasteiger partial charge in [-0.05, 0) is 41.0 Å². The summed E-state index contributed by atoms with van der Waals surface area (Å²) < 4.78 is 27.6. The van der Waals surface area contributed by atoms with Gasteiger partial charge in [-0.15, -0.1) is 0 Å². The molecule has 158 valence electrons. The maximum atomic E-state index is 13.8. The number of benzene rings is 2. The number of carbonyl (C=O) groups is 2. The molecule has 0 spiro atoms. The van der Waals surface area contributed by atoms with E-state index in [1.54, 1.807) is 48.3 Å². The van der Waals surface area contributed by atoms with Crippen molar-refractivity contribution in [3.8, 4) is 11.1 Å². The third-order valence-electron chi connectivity index (χ3n) is 5.46. The van der Waals surface area contributed by atoms with Crippen molar-refractivity contribution in [2.45, 2.75) is 12.5 Å². The van der Waals surface area contributed by atoms with Gasteiger partial charge in [0.1, 0.15) is 23.4 Å². The smallest absolute Gasteiger partial charge is 0.273 e. The van der Waals surface area contributed by atoms with Crippen LogP contribution in [0.4, 0.5) is 8.78 Å². The molecule has 0 aliphatic carbocycles. The Morgan fingerprint density at radius 1 is 1.03 bits per heavy atom. The Labute approximate surface area is 178 Å². The van der Waals surface area contributed by atoms with E-state index in [0.717, 1.165) is 11.6 Å². The number of amides is 2. The molecule has 1 aromatic heterocycles. The molecule has 0 N–H and O–H groups in total. The lowest BCUT2D eigenvalue weighted by atomic mass is 9.93. The number of aromatic nitrogens is 1. The summed E-state index contributed by atoms with van der Waals surface area (Å²) in [5.74, 6) is -1.85. The fourth-order valence-corrected chi connectivity index (χ4v) is 3.89. The van der Waals surface area contributed by atoms with Crippen molar-refractivity contribution in [2.24, 2.45) is 0 Å². The second-order valence-electron chi connectivity index (χ2n) is 7.51. The summed E-state index contributed by atoms with van der Waals surface area (Å²) in [7, 11) is 1.70. The van der Waals surface area contributed by atoms with Crippen molar-refractivity contribution in [1.29, 1.82) is 0 Å². The molecule has 1 fully saturated rings. The van der Waals surface area contributed by atoms with Gasteiger partial charge in [-0.3, -0.25) is 14.6 Å². The normalized spacial score (nSPS) is 16.5. The van der Waals surface area contributed by atoms with Gasteiger partial charge in [0.2, 0.25) is 5.91 Å². The minimum absolute atomic E-state index is 0.184.